The first-order valence-corrected chi connectivity index (χ1v) is 6.22. The van der Waals surface area contributed by atoms with Crippen molar-refractivity contribution >= 4 is 17.7 Å². The highest BCUT2D eigenvalue weighted by molar-refractivity contribution is 6.33. The zero-order valence-electron chi connectivity index (χ0n) is 11.0. The molecule has 112 valence electrons. The third-order valence-corrected chi connectivity index (χ3v) is 3.02. The first-order valence-electron chi connectivity index (χ1n) is 6.22. The van der Waals surface area contributed by atoms with Crippen LogP contribution in [0.5, 0.6) is 0 Å². The number of hydrazone groups is 1. The largest absolute Gasteiger partial charge is 0.431 e. The van der Waals surface area contributed by atoms with E-state index < -0.39 is 17.8 Å². The van der Waals surface area contributed by atoms with Crippen molar-refractivity contribution in [3.05, 3.63) is 59.2 Å². The number of pyridine rings is 1. The van der Waals surface area contributed by atoms with Crippen molar-refractivity contribution in [2.45, 2.75) is 6.18 Å². The van der Waals surface area contributed by atoms with Gasteiger partial charge in [0.2, 0.25) is 0 Å². The highest BCUT2D eigenvalue weighted by Gasteiger charge is 2.32. The van der Waals surface area contributed by atoms with Gasteiger partial charge in [0, 0.05) is 23.7 Å². The van der Waals surface area contributed by atoms with Gasteiger partial charge in [0.15, 0.2) is 0 Å². The van der Waals surface area contributed by atoms with Crippen molar-refractivity contribution in [3.8, 4) is 0 Å². The van der Waals surface area contributed by atoms with Crippen molar-refractivity contribution < 1.29 is 18.0 Å². The molecule has 8 heteroatoms. The molecule has 0 saturated carbocycles. The van der Waals surface area contributed by atoms with Crippen LogP contribution in [-0.4, -0.2) is 21.6 Å². The van der Waals surface area contributed by atoms with E-state index in [1.165, 1.54) is 18.3 Å². The number of carbonyl (C=O) groups excluding carboxylic acids is 1. The second-order valence-electron chi connectivity index (χ2n) is 4.53. The average molecular weight is 306 g/mol. The SMILES string of the molecule is O=C1NN=C(c2cccnc2)/C1=C/c1ccc(C(F)(F)F)[nH]1. The van der Waals surface area contributed by atoms with Crippen LogP contribution >= 0.6 is 0 Å². The molecule has 2 aromatic rings. The predicted molar refractivity (Wildman–Crippen MR) is 72.7 cm³/mol. The molecular formula is C14H9F3N4O. The Labute approximate surface area is 122 Å². The molecule has 2 aromatic heterocycles. The van der Waals surface area contributed by atoms with E-state index in [1.54, 1.807) is 18.3 Å². The molecule has 0 bridgehead atoms. The predicted octanol–water partition coefficient (Wildman–Crippen LogP) is 2.35. The minimum absolute atomic E-state index is 0.163. The number of aromatic amines is 1. The van der Waals surface area contributed by atoms with Gasteiger partial charge in [-0.3, -0.25) is 9.78 Å². The molecule has 0 unspecified atom stereocenters. The van der Waals surface area contributed by atoms with Gasteiger partial charge in [0.05, 0.1) is 5.57 Å². The number of carbonyl (C=O) groups is 1. The summed E-state index contributed by atoms with van der Waals surface area (Å²) in [5, 5.41) is 3.89. The lowest BCUT2D eigenvalue weighted by Gasteiger charge is -2.02. The molecule has 0 fully saturated rings. The minimum Gasteiger partial charge on any atom is -0.351 e. The Morgan fingerprint density at radius 1 is 1.18 bits per heavy atom. The van der Waals surface area contributed by atoms with Crippen molar-refractivity contribution in [3.63, 3.8) is 0 Å². The van der Waals surface area contributed by atoms with Crippen LogP contribution in [0.2, 0.25) is 0 Å². The van der Waals surface area contributed by atoms with E-state index in [1.807, 2.05) is 0 Å². The number of alkyl halides is 3. The molecule has 0 saturated heterocycles. The van der Waals surface area contributed by atoms with Crippen LogP contribution in [0.25, 0.3) is 6.08 Å². The Morgan fingerprint density at radius 3 is 2.64 bits per heavy atom. The zero-order chi connectivity index (χ0) is 15.7. The van der Waals surface area contributed by atoms with E-state index in [2.05, 4.69) is 20.5 Å². The van der Waals surface area contributed by atoms with E-state index in [4.69, 9.17) is 0 Å². The summed E-state index contributed by atoms with van der Waals surface area (Å²) in [5.74, 6) is -0.484. The van der Waals surface area contributed by atoms with Gasteiger partial charge in [-0.2, -0.15) is 18.3 Å². The fourth-order valence-corrected chi connectivity index (χ4v) is 2.01. The van der Waals surface area contributed by atoms with Gasteiger partial charge >= 0.3 is 6.18 Å². The number of rotatable bonds is 2. The summed E-state index contributed by atoms with van der Waals surface area (Å²) in [6.45, 7) is 0. The quantitative estimate of drug-likeness (QED) is 0.836. The molecule has 0 aromatic carbocycles. The number of hydrogen-bond donors (Lipinski definition) is 2. The topological polar surface area (TPSA) is 70.1 Å². The lowest BCUT2D eigenvalue weighted by atomic mass is 10.0. The van der Waals surface area contributed by atoms with Crippen LogP contribution in [0.3, 0.4) is 0 Å². The first kappa shape index (κ1) is 14.1. The summed E-state index contributed by atoms with van der Waals surface area (Å²) in [6, 6.07) is 5.55. The zero-order valence-corrected chi connectivity index (χ0v) is 11.0. The molecule has 1 aliphatic rings. The fraction of sp³-hybridized carbons (Fsp3) is 0.0714. The number of amides is 1. The highest BCUT2D eigenvalue weighted by Crippen LogP contribution is 2.29. The molecular weight excluding hydrogens is 297 g/mol. The summed E-state index contributed by atoms with van der Waals surface area (Å²) in [7, 11) is 0. The molecule has 3 heterocycles. The maximum atomic E-state index is 12.6. The van der Waals surface area contributed by atoms with Gasteiger partial charge in [-0.1, -0.05) is 0 Å². The summed E-state index contributed by atoms with van der Waals surface area (Å²) in [5.41, 5.74) is 2.67. The van der Waals surface area contributed by atoms with E-state index >= 15 is 0 Å². The van der Waals surface area contributed by atoms with Crippen LogP contribution in [0.4, 0.5) is 13.2 Å². The van der Waals surface area contributed by atoms with Crippen molar-refractivity contribution in [2.75, 3.05) is 0 Å². The summed E-state index contributed by atoms with van der Waals surface area (Å²) in [4.78, 5) is 18.0. The number of H-pyrrole nitrogens is 1. The van der Waals surface area contributed by atoms with Crippen molar-refractivity contribution in [2.24, 2.45) is 5.10 Å². The monoisotopic (exact) mass is 306 g/mol. The molecule has 5 nitrogen and oxygen atoms in total. The van der Waals surface area contributed by atoms with Crippen molar-refractivity contribution in [1.29, 1.82) is 0 Å². The molecule has 3 rings (SSSR count). The molecule has 2 N–H and O–H groups in total. The van der Waals surface area contributed by atoms with Crippen LogP contribution in [0.1, 0.15) is 17.0 Å². The number of aromatic nitrogens is 2. The number of nitrogens with zero attached hydrogens (tertiary/aromatic N) is 2. The normalized spacial score (nSPS) is 16.8. The molecule has 0 aliphatic carbocycles. The van der Waals surface area contributed by atoms with Crippen LogP contribution < -0.4 is 5.43 Å². The van der Waals surface area contributed by atoms with Gasteiger partial charge in [-0.25, -0.2) is 5.43 Å². The number of hydrogen-bond acceptors (Lipinski definition) is 3. The Bertz CT molecular complexity index is 775. The Hall–Kier alpha value is -2.90. The Balaban J connectivity index is 1.97. The fourth-order valence-electron chi connectivity index (χ4n) is 2.01. The van der Waals surface area contributed by atoms with Gasteiger partial charge in [-0.15, -0.1) is 0 Å². The van der Waals surface area contributed by atoms with E-state index in [0.717, 1.165) is 6.07 Å². The number of nitrogens with one attached hydrogen (secondary N) is 2. The third kappa shape index (κ3) is 2.62. The van der Waals surface area contributed by atoms with Gasteiger partial charge in [0.25, 0.3) is 5.91 Å². The van der Waals surface area contributed by atoms with Crippen LogP contribution in [0.15, 0.2) is 47.3 Å². The van der Waals surface area contributed by atoms with Crippen LogP contribution in [0, 0.1) is 0 Å². The molecule has 22 heavy (non-hydrogen) atoms. The van der Waals surface area contributed by atoms with Gasteiger partial charge in [0.1, 0.15) is 11.4 Å². The van der Waals surface area contributed by atoms with E-state index in [-0.39, 0.29) is 11.3 Å². The van der Waals surface area contributed by atoms with E-state index in [0.29, 0.717) is 11.3 Å². The summed E-state index contributed by atoms with van der Waals surface area (Å²) in [6.07, 6.45) is -0.0561. The molecule has 0 spiro atoms. The summed E-state index contributed by atoms with van der Waals surface area (Å²) < 4.78 is 37.7. The first-order chi connectivity index (χ1) is 10.4. The minimum atomic E-state index is -4.46. The van der Waals surface area contributed by atoms with Crippen molar-refractivity contribution in [1.82, 2.24) is 15.4 Å². The number of halogens is 3. The standard InChI is InChI=1S/C14H9F3N4O/c15-14(16,17)11-4-3-9(19-11)6-10-12(20-21-13(10)22)8-2-1-5-18-7-8/h1-7,19H,(H,21,22)/b10-6-. The Morgan fingerprint density at radius 2 is 2.00 bits per heavy atom. The van der Waals surface area contributed by atoms with Crippen LogP contribution in [-0.2, 0) is 11.0 Å². The smallest absolute Gasteiger partial charge is 0.351 e. The lowest BCUT2D eigenvalue weighted by molar-refractivity contribution is -0.140. The maximum absolute atomic E-state index is 12.6. The summed E-state index contributed by atoms with van der Waals surface area (Å²) >= 11 is 0. The van der Waals surface area contributed by atoms with Gasteiger partial charge < -0.3 is 4.98 Å². The van der Waals surface area contributed by atoms with Gasteiger partial charge in [-0.05, 0) is 30.3 Å². The second-order valence-corrected chi connectivity index (χ2v) is 4.53. The maximum Gasteiger partial charge on any atom is 0.431 e. The average Bonchev–Trinajstić information content (AvgIpc) is 3.08. The van der Waals surface area contributed by atoms with E-state index in [9.17, 15) is 18.0 Å². The molecule has 1 aliphatic heterocycles. The lowest BCUT2D eigenvalue weighted by Crippen LogP contribution is -2.13. The third-order valence-electron chi connectivity index (χ3n) is 3.02. The second kappa shape index (κ2) is 5.14. The molecule has 0 atom stereocenters. The molecule has 1 amide bonds. The highest BCUT2D eigenvalue weighted by atomic mass is 19.4. The molecule has 0 radical (unpaired) electrons. The Kier molecular flexibility index (Phi) is 3.28.